The summed E-state index contributed by atoms with van der Waals surface area (Å²) in [6.07, 6.45) is 5.30. The number of imide groups is 1. The van der Waals surface area contributed by atoms with Gasteiger partial charge in [-0.05, 0) is 56.9 Å². The molecule has 2 aromatic rings. The van der Waals surface area contributed by atoms with Crippen molar-refractivity contribution >= 4 is 39.6 Å². The number of carbonyl (C=O) groups excluding carboxylic acids is 4. The monoisotopic (exact) mass is 593 g/mol. The highest BCUT2D eigenvalue weighted by Gasteiger charge is 2.47. The van der Waals surface area contributed by atoms with Crippen LogP contribution in [-0.4, -0.2) is 51.6 Å². The van der Waals surface area contributed by atoms with Crippen LogP contribution in [0.5, 0.6) is 0 Å². The van der Waals surface area contributed by atoms with Crippen molar-refractivity contribution in [2.45, 2.75) is 64.6 Å². The van der Waals surface area contributed by atoms with Gasteiger partial charge in [-0.15, -0.1) is 0 Å². The van der Waals surface area contributed by atoms with Crippen molar-refractivity contribution in [2.24, 2.45) is 11.8 Å². The standard InChI is InChI=1S/C31H36BrN3O4/c1-31(2,3)33-28(37)26(19-21-9-5-4-6-10-21)35(20-22-13-15-23(32)16-14-22)27(36)17-18-34-29(38)24-11-7-8-12-25(24)30(34)39/h4-10,13-16,24-26H,11-12,17-20H2,1-3H3,(H,33,37)/t24-,25+,26?. The molecule has 2 aliphatic rings. The number of likely N-dealkylation sites (tertiary alicyclic amines) is 1. The molecule has 0 radical (unpaired) electrons. The van der Waals surface area contributed by atoms with Crippen molar-refractivity contribution < 1.29 is 19.2 Å². The summed E-state index contributed by atoms with van der Waals surface area (Å²) >= 11 is 3.45. The van der Waals surface area contributed by atoms with Crippen LogP contribution < -0.4 is 5.32 Å². The molecule has 206 valence electrons. The molecule has 1 aliphatic heterocycles. The van der Waals surface area contributed by atoms with Crippen LogP contribution in [-0.2, 0) is 32.1 Å². The molecule has 1 saturated heterocycles. The summed E-state index contributed by atoms with van der Waals surface area (Å²) in [5.41, 5.74) is 1.32. The van der Waals surface area contributed by atoms with Crippen LogP contribution in [0.15, 0.2) is 71.2 Å². The maximum atomic E-state index is 13.9. The number of rotatable bonds is 9. The van der Waals surface area contributed by atoms with Crippen molar-refractivity contribution in [3.05, 3.63) is 82.3 Å². The number of hydrogen-bond donors (Lipinski definition) is 1. The number of hydrogen-bond acceptors (Lipinski definition) is 4. The third-order valence-corrected chi connectivity index (χ3v) is 7.71. The van der Waals surface area contributed by atoms with Crippen LogP contribution in [0.3, 0.4) is 0 Å². The number of allylic oxidation sites excluding steroid dienone is 2. The Morgan fingerprint density at radius 2 is 1.54 bits per heavy atom. The van der Waals surface area contributed by atoms with Gasteiger partial charge in [0.05, 0.1) is 11.8 Å². The fourth-order valence-electron chi connectivity index (χ4n) is 5.23. The number of amides is 4. The first-order chi connectivity index (χ1) is 18.5. The van der Waals surface area contributed by atoms with E-state index in [1.54, 1.807) is 4.90 Å². The number of nitrogens with one attached hydrogen (secondary N) is 1. The maximum absolute atomic E-state index is 13.9. The summed E-state index contributed by atoms with van der Waals surface area (Å²) in [5.74, 6) is -1.60. The molecule has 0 aromatic heterocycles. The normalized spacial score (nSPS) is 19.5. The van der Waals surface area contributed by atoms with E-state index < -0.39 is 11.6 Å². The first-order valence-corrected chi connectivity index (χ1v) is 14.2. The lowest BCUT2D eigenvalue weighted by Crippen LogP contribution is -2.54. The highest BCUT2D eigenvalue weighted by molar-refractivity contribution is 9.10. The summed E-state index contributed by atoms with van der Waals surface area (Å²) in [6.45, 7) is 5.95. The molecule has 0 bridgehead atoms. The highest BCUT2D eigenvalue weighted by atomic mass is 79.9. The molecule has 4 amide bonds. The summed E-state index contributed by atoms with van der Waals surface area (Å²) in [4.78, 5) is 56.3. The lowest BCUT2D eigenvalue weighted by atomic mass is 9.85. The number of halogens is 1. The van der Waals surface area contributed by atoms with E-state index in [2.05, 4.69) is 21.2 Å². The largest absolute Gasteiger partial charge is 0.350 e. The molecule has 7 nitrogen and oxygen atoms in total. The van der Waals surface area contributed by atoms with E-state index in [4.69, 9.17) is 0 Å². The summed E-state index contributed by atoms with van der Waals surface area (Å²) < 4.78 is 0.914. The van der Waals surface area contributed by atoms with Crippen molar-refractivity contribution in [1.29, 1.82) is 0 Å². The Bertz CT molecular complexity index is 1210. The molecule has 8 heteroatoms. The molecule has 2 aromatic carbocycles. The molecule has 1 aliphatic carbocycles. The molecule has 1 heterocycles. The summed E-state index contributed by atoms with van der Waals surface area (Å²) in [6, 6.07) is 16.5. The zero-order valence-corrected chi connectivity index (χ0v) is 24.3. The average Bonchev–Trinajstić information content (AvgIpc) is 3.14. The average molecular weight is 595 g/mol. The Labute approximate surface area is 238 Å². The van der Waals surface area contributed by atoms with Gasteiger partial charge < -0.3 is 10.2 Å². The Morgan fingerprint density at radius 1 is 0.949 bits per heavy atom. The van der Waals surface area contributed by atoms with Gasteiger partial charge in [-0.2, -0.15) is 0 Å². The topological polar surface area (TPSA) is 86.8 Å². The van der Waals surface area contributed by atoms with Crippen LogP contribution in [0, 0.1) is 11.8 Å². The SMILES string of the molecule is CC(C)(C)NC(=O)C(Cc1ccccc1)N(Cc1ccc(Br)cc1)C(=O)CCN1C(=O)[C@H]2CC=CC[C@H]2C1=O. The van der Waals surface area contributed by atoms with E-state index in [0.29, 0.717) is 19.3 Å². The number of fused-ring (bicyclic) bond motifs is 1. The lowest BCUT2D eigenvalue weighted by molar-refractivity contribution is -0.144. The van der Waals surface area contributed by atoms with Crippen molar-refractivity contribution in [3.8, 4) is 0 Å². The maximum Gasteiger partial charge on any atom is 0.243 e. The van der Waals surface area contributed by atoms with Gasteiger partial charge in [0, 0.05) is 35.9 Å². The summed E-state index contributed by atoms with van der Waals surface area (Å²) in [7, 11) is 0. The van der Waals surface area contributed by atoms with Crippen LogP contribution in [0.4, 0.5) is 0 Å². The number of benzene rings is 2. The predicted molar refractivity (Wildman–Crippen MR) is 153 cm³/mol. The van der Waals surface area contributed by atoms with E-state index >= 15 is 0 Å². The third-order valence-electron chi connectivity index (χ3n) is 7.18. The zero-order valence-electron chi connectivity index (χ0n) is 22.7. The molecule has 1 N–H and O–H groups in total. The van der Waals surface area contributed by atoms with Gasteiger partial charge in [0.1, 0.15) is 6.04 Å². The molecule has 0 spiro atoms. The smallest absolute Gasteiger partial charge is 0.243 e. The predicted octanol–water partition coefficient (Wildman–Crippen LogP) is 4.65. The first-order valence-electron chi connectivity index (χ1n) is 13.4. The van der Waals surface area contributed by atoms with Gasteiger partial charge in [0.25, 0.3) is 0 Å². The Morgan fingerprint density at radius 3 is 2.10 bits per heavy atom. The van der Waals surface area contributed by atoms with Crippen LogP contribution in [0.25, 0.3) is 0 Å². The van der Waals surface area contributed by atoms with E-state index in [1.165, 1.54) is 4.90 Å². The summed E-state index contributed by atoms with van der Waals surface area (Å²) in [5, 5.41) is 3.05. The quantitative estimate of drug-likeness (QED) is 0.339. The second-order valence-electron chi connectivity index (χ2n) is 11.3. The molecule has 0 saturated carbocycles. The van der Waals surface area contributed by atoms with E-state index in [0.717, 1.165) is 15.6 Å². The van der Waals surface area contributed by atoms with Crippen LogP contribution >= 0.6 is 15.9 Å². The van der Waals surface area contributed by atoms with Crippen molar-refractivity contribution in [1.82, 2.24) is 15.1 Å². The Hall–Kier alpha value is -3.26. The zero-order chi connectivity index (χ0) is 28.2. The fraction of sp³-hybridized carbons (Fsp3) is 0.419. The van der Waals surface area contributed by atoms with Gasteiger partial charge in [-0.1, -0.05) is 70.5 Å². The minimum atomic E-state index is -0.778. The molecular formula is C31H36BrN3O4. The third kappa shape index (κ3) is 7.24. The fourth-order valence-corrected chi connectivity index (χ4v) is 5.50. The molecule has 39 heavy (non-hydrogen) atoms. The van der Waals surface area contributed by atoms with Gasteiger partial charge in [-0.3, -0.25) is 24.1 Å². The van der Waals surface area contributed by atoms with Gasteiger partial charge >= 0.3 is 0 Å². The van der Waals surface area contributed by atoms with Crippen LogP contribution in [0.2, 0.25) is 0 Å². The minimum Gasteiger partial charge on any atom is -0.350 e. The van der Waals surface area contributed by atoms with Crippen molar-refractivity contribution in [2.75, 3.05) is 6.54 Å². The van der Waals surface area contributed by atoms with Gasteiger partial charge in [0.2, 0.25) is 23.6 Å². The first kappa shape index (κ1) is 28.7. The van der Waals surface area contributed by atoms with Crippen molar-refractivity contribution in [3.63, 3.8) is 0 Å². The van der Waals surface area contributed by atoms with E-state index in [-0.39, 0.29) is 55.0 Å². The lowest BCUT2D eigenvalue weighted by Gasteiger charge is -2.34. The molecular weight excluding hydrogens is 558 g/mol. The Kier molecular flexibility index (Phi) is 9.05. The van der Waals surface area contributed by atoms with Gasteiger partial charge in [0.15, 0.2) is 0 Å². The molecule has 3 atom stereocenters. The highest BCUT2D eigenvalue weighted by Crippen LogP contribution is 2.35. The Balaban J connectivity index is 1.60. The van der Waals surface area contributed by atoms with E-state index in [1.807, 2.05) is 87.5 Å². The molecule has 1 unspecified atom stereocenters. The van der Waals surface area contributed by atoms with Crippen LogP contribution in [0.1, 0.15) is 51.2 Å². The minimum absolute atomic E-state index is 0.0132. The molecule has 4 rings (SSSR count). The molecule has 1 fully saturated rings. The number of carbonyl (C=O) groups is 4. The second kappa shape index (κ2) is 12.3. The van der Waals surface area contributed by atoms with E-state index in [9.17, 15) is 19.2 Å². The number of nitrogens with zero attached hydrogens (tertiary/aromatic N) is 2. The van der Waals surface area contributed by atoms with Gasteiger partial charge in [-0.25, -0.2) is 0 Å². The second-order valence-corrected chi connectivity index (χ2v) is 12.2.